The molecule has 0 amide bonds. The lowest BCUT2D eigenvalue weighted by molar-refractivity contribution is -0.170. The fourth-order valence-electron chi connectivity index (χ4n) is 4.15. The lowest BCUT2D eigenvalue weighted by Gasteiger charge is -2.49. The Kier molecular flexibility index (Phi) is 4.18. The molecule has 1 heterocycles. The zero-order chi connectivity index (χ0) is 18.6. The van der Waals surface area contributed by atoms with Crippen LogP contribution in [0.4, 0.5) is 0 Å². The van der Waals surface area contributed by atoms with Gasteiger partial charge in [-0.1, -0.05) is 25.5 Å². The maximum Gasteiger partial charge on any atom is 0.336 e. The van der Waals surface area contributed by atoms with Crippen molar-refractivity contribution >= 4 is 11.9 Å². The van der Waals surface area contributed by atoms with Crippen molar-refractivity contribution < 1.29 is 24.2 Å². The molecule has 1 saturated carbocycles. The Balaban J connectivity index is 1.91. The van der Waals surface area contributed by atoms with Crippen molar-refractivity contribution in [1.82, 2.24) is 0 Å². The van der Waals surface area contributed by atoms with Crippen LogP contribution in [-0.4, -0.2) is 28.9 Å². The molecule has 2 aliphatic carbocycles. The van der Waals surface area contributed by atoms with Gasteiger partial charge in [0.2, 0.25) is 0 Å². The average molecular weight is 346 g/mol. The molecule has 0 saturated heterocycles. The van der Waals surface area contributed by atoms with Gasteiger partial charge >= 0.3 is 11.9 Å². The van der Waals surface area contributed by atoms with E-state index < -0.39 is 11.8 Å². The molecule has 0 radical (unpaired) electrons. The molecular weight excluding hydrogens is 320 g/mol. The predicted molar refractivity (Wildman–Crippen MR) is 92.3 cm³/mol. The monoisotopic (exact) mass is 346 g/mol. The maximum absolute atomic E-state index is 12.1. The molecule has 25 heavy (non-hydrogen) atoms. The normalized spacial score (nSPS) is 37.9. The molecule has 0 aromatic heterocycles. The number of esters is 2. The fraction of sp³-hybridized carbons (Fsp3) is 0.600. The minimum absolute atomic E-state index is 0.171. The highest BCUT2D eigenvalue weighted by molar-refractivity contribution is 5.92. The second-order valence-electron chi connectivity index (χ2n) is 7.79. The van der Waals surface area contributed by atoms with E-state index in [0.717, 1.165) is 12.0 Å². The van der Waals surface area contributed by atoms with Crippen molar-refractivity contribution in [1.29, 1.82) is 0 Å². The first-order valence-electron chi connectivity index (χ1n) is 8.82. The number of hydrogen-bond donors (Lipinski definition) is 1. The zero-order valence-electron chi connectivity index (χ0n) is 15.5. The molecular formula is C20H26O5. The third-order valence-electron chi connectivity index (χ3n) is 6.27. The molecule has 4 unspecified atom stereocenters. The Morgan fingerprint density at radius 1 is 1.48 bits per heavy atom. The van der Waals surface area contributed by atoms with E-state index in [4.69, 9.17) is 9.47 Å². The third kappa shape index (κ3) is 2.74. The van der Waals surface area contributed by atoms with Gasteiger partial charge in [-0.2, -0.15) is 0 Å². The molecule has 136 valence electrons. The summed E-state index contributed by atoms with van der Waals surface area (Å²) < 4.78 is 10.9. The maximum atomic E-state index is 12.1. The largest absolute Gasteiger partial charge is 0.459 e. The van der Waals surface area contributed by atoms with Crippen LogP contribution in [0.5, 0.6) is 0 Å². The summed E-state index contributed by atoms with van der Waals surface area (Å²) in [4.78, 5) is 24.0. The van der Waals surface area contributed by atoms with Gasteiger partial charge in [0, 0.05) is 23.1 Å². The highest BCUT2D eigenvalue weighted by atomic mass is 16.7. The van der Waals surface area contributed by atoms with Gasteiger partial charge in [-0.05, 0) is 51.0 Å². The summed E-state index contributed by atoms with van der Waals surface area (Å²) in [5.74, 6) is -2.16. The van der Waals surface area contributed by atoms with Crippen LogP contribution in [0.2, 0.25) is 0 Å². The van der Waals surface area contributed by atoms with E-state index in [1.807, 2.05) is 0 Å². The first kappa shape index (κ1) is 17.9. The summed E-state index contributed by atoms with van der Waals surface area (Å²) in [6, 6.07) is 0. The molecule has 0 spiro atoms. The summed E-state index contributed by atoms with van der Waals surface area (Å²) in [5.41, 5.74) is 2.58. The summed E-state index contributed by atoms with van der Waals surface area (Å²) in [6.07, 6.45) is 5.07. The Hall–Kier alpha value is -1.88. The predicted octanol–water partition coefficient (Wildman–Crippen LogP) is 3.19. The molecule has 5 heteroatoms. The number of rotatable bonds is 2. The van der Waals surface area contributed by atoms with Crippen LogP contribution in [0, 0.1) is 11.3 Å². The van der Waals surface area contributed by atoms with Crippen LogP contribution >= 0.6 is 0 Å². The Labute approximate surface area is 148 Å². The average Bonchev–Trinajstić information content (AvgIpc) is 2.75. The van der Waals surface area contributed by atoms with Gasteiger partial charge in [-0.25, -0.2) is 9.59 Å². The second-order valence-corrected chi connectivity index (χ2v) is 7.79. The van der Waals surface area contributed by atoms with E-state index in [2.05, 4.69) is 13.8 Å². The van der Waals surface area contributed by atoms with Crippen LogP contribution in [0.25, 0.3) is 0 Å². The molecule has 1 aliphatic heterocycles. The minimum Gasteiger partial charge on any atom is -0.459 e. The van der Waals surface area contributed by atoms with Gasteiger partial charge in [-0.15, -0.1) is 0 Å². The van der Waals surface area contributed by atoms with Crippen LogP contribution in [0.3, 0.4) is 0 Å². The number of carbonyl (C=O) groups excluding carboxylic acids is 2. The van der Waals surface area contributed by atoms with Gasteiger partial charge in [0.1, 0.15) is 6.10 Å². The van der Waals surface area contributed by atoms with E-state index in [9.17, 15) is 14.7 Å². The van der Waals surface area contributed by atoms with Crippen LogP contribution in [-0.2, 0) is 19.1 Å². The SMILES string of the molecule is CC=C(C)C(=O)OC1CC2=CC3(O)OC(=O)C(C)=C3CC2(C)C(C)C1. The Morgan fingerprint density at radius 3 is 2.80 bits per heavy atom. The van der Waals surface area contributed by atoms with Crippen molar-refractivity contribution in [3.05, 3.63) is 34.4 Å². The number of ether oxygens (including phenoxy) is 2. The van der Waals surface area contributed by atoms with Crippen LogP contribution in [0.15, 0.2) is 34.4 Å². The lowest BCUT2D eigenvalue weighted by atomic mass is 9.58. The van der Waals surface area contributed by atoms with E-state index in [0.29, 0.717) is 29.6 Å². The number of hydrogen-bond acceptors (Lipinski definition) is 5. The number of allylic oxidation sites excluding steroid dienone is 1. The highest BCUT2D eigenvalue weighted by Crippen LogP contribution is 2.56. The Bertz CT molecular complexity index is 728. The van der Waals surface area contributed by atoms with Gasteiger partial charge in [0.25, 0.3) is 5.79 Å². The lowest BCUT2D eigenvalue weighted by Crippen LogP contribution is -2.46. The van der Waals surface area contributed by atoms with E-state index in [-0.39, 0.29) is 23.4 Å². The van der Waals surface area contributed by atoms with Crippen molar-refractivity contribution in [2.45, 2.75) is 65.8 Å². The standard InChI is InChI=1S/C20H26O5/c1-6-11(2)17(21)24-15-7-12(3)19(5)10-16-13(4)18(22)25-20(16,23)9-14(19)8-15/h6,9,12,15,23H,7-8,10H2,1-5H3. The molecule has 0 aromatic rings. The zero-order valence-corrected chi connectivity index (χ0v) is 15.5. The van der Waals surface area contributed by atoms with E-state index in [1.165, 1.54) is 0 Å². The van der Waals surface area contributed by atoms with Crippen molar-refractivity contribution in [3.8, 4) is 0 Å². The molecule has 3 rings (SSSR count). The first-order valence-corrected chi connectivity index (χ1v) is 8.82. The third-order valence-corrected chi connectivity index (χ3v) is 6.27. The molecule has 4 atom stereocenters. The smallest absolute Gasteiger partial charge is 0.336 e. The molecule has 1 fully saturated rings. The molecule has 1 N–H and O–H groups in total. The number of fused-ring (bicyclic) bond motifs is 2. The van der Waals surface area contributed by atoms with Crippen LogP contribution < -0.4 is 0 Å². The Morgan fingerprint density at radius 2 is 2.16 bits per heavy atom. The molecule has 3 aliphatic rings. The topological polar surface area (TPSA) is 72.8 Å². The summed E-state index contributed by atoms with van der Waals surface area (Å²) >= 11 is 0. The van der Waals surface area contributed by atoms with Crippen molar-refractivity contribution in [2.24, 2.45) is 11.3 Å². The van der Waals surface area contributed by atoms with Gasteiger partial charge in [0.15, 0.2) is 0 Å². The second kappa shape index (κ2) is 5.84. The molecule has 0 aromatic carbocycles. The summed E-state index contributed by atoms with van der Waals surface area (Å²) in [7, 11) is 0. The van der Waals surface area contributed by atoms with Gasteiger partial charge in [0.05, 0.1) is 0 Å². The quantitative estimate of drug-likeness (QED) is 0.472. The number of aliphatic hydroxyl groups is 1. The van der Waals surface area contributed by atoms with Crippen molar-refractivity contribution in [2.75, 3.05) is 0 Å². The van der Waals surface area contributed by atoms with Gasteiger partial charge < -0.3 is 14.6 Å². The van der Waals surface area contributed by atoms with E-state index in [1.54, 1.807) is 32.9 Å². The molecule has 0 bridgehead atoms. The summed E-state index contributed by atoms with van der Waals surface area (Å²) in [6.45, 7) is 9.53. The number of carbonyl (C=O) groups is 2. The van der Waals surface area contributed by atoms with Crippen LogP contribution in [0.1, 0.15) is 53.9 Å². The highest BCUT2D eigenvalue weighted by Gasteiger charge is 2.54. The fourth-order valence-corrected chi connectivity index (χ4v) is 4.15. The van der Waals surface area contributed by atoms with Crippen molar-refractivity contribution in [3.63, 3.8) is 0 Å². The molecule has 5 nitrogen and oxygen atoms in total. The minimum atomic E-state index is -1.64. The van der Waals surface area contributed by atoms with E-state index >= 15 is 0 Å². The first-order chi connectivity index (χ1) is 11.6. The van der Waals surface area contributed by atoms with Gasteiger partial charge in [-0.3, -0.25) is 0 Å². The summed E-state index contributed by atoms with van der Waals surface area (Å²) in [5, 5.41) is 10.8.